The van der Waals surface area contributed by atoms with E-state index < -0.39 is 24.2 Å². The molecule has 0 aliphatic carbocycles. The lowest BCUT2D eigenvalue weighted by atomic mass is 9.86. The van der Waals surface area contributed by atoms with Gasteiger partial charge in [0.1, 0.15) is 17.7 Å². The summed E-state index contributed by atoms with van der Waals surface area (Å²) >= 11 is 0. The van der Waals surface area contributed by atoms with Gasteiger partial charge in [0.25, 0.3) is 0 Å². The molecule has 0 bridgehead atoms. The number of ether oxygens (including phenoxy) is 3. The number of fused-ring (bicyclic) bond motifs is 1. The van der Waals surface area contributed by atoms with Gasteiger partial charge in [-0.1, -0.05) is 6.07 Å². The molecule has 1 aliphatic heterocycles. The van der Waals surface area contributed by atoms with E-state index in [1.807, 2.05) is 6.07 Å². The van der Waals surface area contributed by atoms with Crippen LogP contribution in [-0.2, 0) is 15.1 Å². The maximum absolute atomic E-state index is 14.5. The Balaban J connectivity index is 1.66. The number of methoxy groups -OCH3 is 1. The van der Waals surface area contributed by atoms with Crippen molar-refractivity contribution in [3.05, 3.63) is 75.8 Å². The second-order valence-corrected chi connectivity index (χ2v) is 7.74. The van der Waals surface area contributed by atoms with Crippen LogP contribution in [0.15, 0.2) is 53.3 Å². The molecule has 0 spiro atoms. The predicted molar refractivity (Wildman–Crippen MR) is 114 cm³/mol. The van der Waals surface area contributed by atoms with Crippen LogP contribution in [0.5, 0.6) is 5.75 Å². The number of hydrogen-bond acceptors (Lipinski definition) is 4. The zero-order valence-electron chi connectivity index (χ0n) is 17.3. The van der Waals surface area contributed by atoms with Crippen LogP contribution >= 0.6 is 0 Å². The highest BCUT2D eigenvalue weighted by molar-refractivity contribution is 5.79. The highest BCUT2D eigenvalue weighted by Crippen LogP contribution is 2.38. The molecule has 31 heavy (non-hydrogen) atoms. The van der Waals surface area contributed by atoms with Crippen LogP contribution in [-0.4, -0.2) is 32.0 Å². The van der Waals surface area contributed by atoms with Gasteiger partial charge in [0.05, 0.1) is 12.3 Å². The lowest BCUT2D eigenvalue weighted by Gasteiger charge is -2.36. The summed E-state index contributed by atoms with van der Waals surface area (Å²) in [4.78, 5) is 14.3. The average molecular weight is 429 g/mol. The number of hydrogen-bond donors (Lipinski definition) is 1. The Labute approximate surface area is 179 Å². The summed E-state index contributed by atoms with van der Waals surface area (Å²) in [6, 6.07) is 13.1. The van der Waals surface area contributed by atoms with E-state index in [4.69, 9.17) is 14.2 Å². The Morgan fingerprint density at radius 3 is 2.68 bits per heavy atom. The third-order valence-corrected chi connectivity index (χ3v) is 5.86. The van der Waals surface area contributed by atoms with Crippen LogP contribution in [0.2, 0.25) is 0 Å². The lowest BCUT2D eigenvalue weighted by Crippen LogP contribution is -2.35. The van der Waals surface area contributed by atoms with Gasteiger partial charge >= 0.3 is 0 Å². The van der Waals surface area contributed by atoms with Gasteiger partial charge in [0, 0.05) is 57.2 Å². The van der Waals surface area contributed by atoms with E-state index in [1.54, 1.807) is 31.4 Å². The Kier molecular flexibility index (Phi) is 6.34. The highest BCUT2D eigenvalue weighted by Gasteiger charge is 2.35. The molecule has 5 nitrogen and oxygen atoms in total. The fraction of sp³-hybridized carbons (Fsp3) is 0.375. The molecule has 0 amide bonds. The molecule has 1 fully saturated rings. The fourth-order valence-corrected chi connectivity index (χ4v) is 4.14. The first kappa shape index (κ1) is 21.5. The third kappa shape index (κ3) is 4.62. The number of H-pyrrole nitrogens is 1. The number of halogens is 2. The normalized spacial score (nSPS) is 16.9. The molecule has 0 radical (unpaired) electrons. The molecule has 1 aromatic heterocycles. The summed E-state index contributed by atoms with van der Waals surface area (Å²) < 4.78 is 45.1. The number of rotatable bonds is 7. The maximum Gasteiger partial charge on any atom is 0.248 e. The molecule has 0 saturated carbocycles. The van der Waals surface area contributed by atoms with E-state index in [1.165, 1.54) is 18.2 Å². The van der Waals surface area contributed by atoms with Crippen LogP contribution < -0.4 is 10.3 Å². The number of aromatic nitrogens is 1. The molecule has 3 aromatic rings. The summed E-state index contributed by atoms with van der Waals surface area (Å²) in [6.45, 7) is 0.476. The number of pyridine rings is 1. The molecular formula is C24H25F2NO4. The van der Waals surface area contributed by atoms with E-state index in [-0.39, 0.29) is 12.0 Å². The summed E-state index contributed by atoms with van der Waals surface area (Å²) in [5, 5.41) is 0.810. The van der Waals surface area contributed by atoms with Crippen molar-refractivity contribution < 1.29 is 23.0 Å². The molecule has 4 rings (SSSR count). The quantitative estimate of drug-likeness (QED) is 0.586. The first-order chi connectivity index (χ1) is 15.0. The Morgan fingerprint density at radius 2 is 1.94 bits per heavy atom. The van der Waals surface area contributed by atoms with Crippen molar-refractivity contribution in [2.45, 2.75) is 31.0 Å². The van der Waals surface area contributed by atoms with Gasteiger partial charge < -0.3 is 19.2 Å². The van der Waals surface area contributed by atoms with Crippen LogP contribution in [0.25, 0.3) is 10.9 Å². The van der Waals surface area contributed by atoms with Crippen molar-refractivity contribution in [2.75, 3.05) is 27.0 Å². The van der Waals surface area contributed by atoms with Gasteiger partial charge in [-0.25, -0.2) is 4.39 Å². The summed E-state index contributed by atoms with van der Waals surface area (Å²) in [6.07, 6.45) is 0.736. The molecule has 7 heteroatoms. The number of nitrogens with one attached hydrogen (secondary N) is 1. The Morgan fingerprint density at radius 1 is 1.13 bits per heavy atom. The zero-order valence-corrected chi connectivity index (χ0v) is 17.3. The molecular weight excluding hydrogens is 404 g/mol. The minimum atomic E-state index is -0.636. The highest BCUT2D eigenvalue weighted by atomic mass is 19.1. The molecule has 1 atom stereocenters. The van der Waals surface area contributed by atoms with Gasteiger partial charge in [-0.05, 0) is 46.8 Å². The van der Waals surface area contributed by atoms with E-state index in [9.17, 15) is 13.6 Å². The van der Waals surface area contributed by atoms with Gasteiger partial charge in [0.15, 0.2) is 0 Å². The molecule has 2 heterocycles. The smallest absolute Gasteiger partial charge is 0.248 e. The van der Waals surface area contributed by atoms with Gasteiger partial charge in [-0.3, -0.25) is 9.18 Å². The van der Waals surface area contributed by atoms with Crippen LogP contribution in [0.4, 0.5) is 8.78 Å². The van der Waals surface area contributed by atoms with Crippen LogP contribution in [0.1, 0.15) is 36.5 Å². The Bertz CT molecular complexity index is 1110. The van der Waals surface area contributed by atoms with Crippen LogP contribution in [0.3, 0.4) is 0 Å². The lowest BCUT2D eigenvalue weighted by molar-refractivity contribution is -0.0950. The number of alkyl halides is 1. The molecule has 1 N–H and O–H groups in total. The molecule has 1 aliphatic rings. The first-order valence-corrected chi connectivity index (χ1v) is 10.3. The number of aromatic amines is 1. The zero-order chi connectivity index (χ0) is 21.8. The minimum absolute atomic E-state index is 0.115. The standard InChI is InChI=1S/C24H25F2NO4/c1-29-24(7-10-30-11-8-24)18-13-19(26)15-20(14-18)31-22(6-9-25)17-2-4-21-16(12-17)3-5-23(28)27-21/h2-5,12-15,22H,6-11H2,1H3,(H,27,28). The molecule has 1 saturated heterocycles. The molecule has 1 unspecified atom stereocenters. The largest absolute Gasteiger partial charge is 0.486 e. The Hall–Kier alpha value is -2.77. The van der Waals surface area contributed by atoms with Crippen molar-refractivity contribution in [2.24, 2.45) is 0 Å². The topological polar surface area (TPSA) is 60.5 Å². The van der Waals surface area contributed by atoms with Crippen molar-refractivity contribution in [3.8, 4) is 5.75 Å². The SMILES string of the molecule is COC1(c2cc(F)cc(OC(CCF)c3ccc4[nH]c(=O)ccc4c3)c2)CCOCC1. The average Bonchev–Trinajstić information content (AvgIpc) is 2.78. The van der Waals surface area contributed by atoms with E-state index >= 15 is 0 Å². The van der Waals surface area contributed by atoms with E-state index in [0.29, 0.717) is 42.9 Å². The summed E-state index contributed by atoms with van der Waals surface area (Å²) in [5.74, 6) is -0.122. The van der Waals surface area contributed by atoms with Gasteiger partial charge in [0.2, 0.25) is 5.56 Å². The van der Waals surface area contributed by atoms with Gasteiger partial charge in [-0.2, -0.15) is 0 Å². The molecule has 164 valence electrons. The van der Waals surface area contributed by atoms with E-state index in [0.717, 1.165) is 10.9 Å². The van der Waals surface area contributed by atoms with Crippen LogP contribution in [0, 0.1) is 5.82 Å². The third-order valence-electron chi connectivity index (χ3n) is 5.86. The second kappa shape index (κ2) is 9.16. The predicted octanol–water partition coefficient (Wildman–Crippen LogP) is 4.80. The second-order valence-electron chi connectivity index (χ2n) is 7.74. The van der Waals surface area contributed by atoms with Gasteiger partial charge in [-0.15, -0.1) is 0 Å². The monoisotopic (exact) mass is 429 g/mol. The summed E-state index contributed by atoms with van der Waals surface area (Å²) in [7, 11) is 1.61. The minimum Gasteiger partial charge on any atom is -0.486 e. The summed E-state index contributed by atoms with van der Waals surface area (Å²) in [5.41, 5.74) is 1.29. The van der Waals surface area contributed by atoms with Crippen molar-refractivity contribution in [1.82, 2.24) is 4.98 Å². The van der Waals surface area contributed by atoms with E-state index in [2.05, 4.69) is 4.98 Å². The first-order valence-electron chi connectivity index (χ1n) is 10.3. The van der Waals surface area contributed by atoms with Crippen molar-refractivity contribution in [1.29, 1.82) is 0 Å². The molecule has 2 aromatic carbocycles. The fourth-order valence-electron chi connectivity index (χ4n) is 4.14. The number of benzene rings is 2. The van der Waals surface area contributed by atoms with Crippen molar-refractivity contribution >= 4 is 10.9 Å². The van der Waals surface area contributed by atoms with Crippen molar-refractivity contribution in [3.63, 3.8) is 0 Å². The maximum atomic E-state index is 14.5.